The lowest BCUT2D eigenvalue weighted by molar-refractivity contribution is -0.132. The average Bonchev–Trinajstić information content (AvgIpc) is 3.15. The van der Waals surface area contributed by atoms with Crippen molar-refractivity contribution in [2.45, 2.75) is 24.6 Å². The van der Waals surface area contributed by atoms with E-state index >= 15 is 0 Å². The van der Waals surface area contributed by atoms with Gasteiger partial charge in [-0.1, -0.05) is 12.1 Å². The summed E-state index contributed by atoms with van der Waals surface area (Å²) in [7, 11) is 0. The van der Waals surface area contributed by atoms with Gasteiger partial charge in [0.15, 0.2) is 0 Å². The summed E-state index contributed by atoms with van der Waals surface area (Å²) < 4.78 is 13.4. The molecule has 2 amide bonds. The number of benzene rings is 1. The van der Waals surface area contributed by atoms with Crippen LogP contribution in [0.4, 0.5) is 4.39 Å². The Bertz CT molecular complexity index is 575. The van der Waals surface area contributed by atoms with Gasteiger partial charge in [-0.05, 0) is 30.5 Å². The molecule has 0 saturated carbocycles. The fourth-order valence-corrected chi connectivity index (χ4v) is 4.18. The molecular weight excluding hydrogens is 303 g/mol. The van der Waals surface area contributed by atoms with Gasteiger partial charge in [0.2, 0.25) is 11.8 Å². The molecule has 2 aliphatic heterocycles. The quantitative estimate of drug-likeness (QED) is 0.855. The standard InChI is InChI=1S/C16H19FN2O2S/c17-13-5-3-4-12(10-13)16-19(15(21)11-22-16)9-6-14(20)18-7-1-2-8-18/h3-5,10,16H,1-2,6-9,11H2/t16-/m0/s1. The number of nitrogens with zero attached hydrogens (tertiary/aromatic N) is 2. The molecule has 1 atom stereocenters. The van der Waals surface area contributed by atoms with E-state index in [1.165, 1.54) is 23.9 Å². The Labute approximate surface area is 133 Å². The third kappa shape index (κ3) is 3.27. The van der Waals surface area contributed by atoms with Crippen LogP contribution in [0.1, 0.15) is 30.2 Å². The van der Waals surface area contributed by atoms with Gasteiger partial charge < -0.3 is 9.80 Å². The van der Waals surface area contributed by atoms with Crippen molar-refractivity contribution in [3.63, 3.8) is 0 Å². The van der Waals surface area contributed by atoms with Gasteiger partial charge in [-0.2, -0.15) is 0 Å². The van der Waals surface area contributed by atoms with Crippen LogP contribution < -0.4 is 0 Å². The fraction of sp³-hybridized carbons (Fsp3) is 0.500. The van der Waals surface area contributed by atoms with Gasteiger partial charge in [-0.15, -0.1) is 11.8 Å². The lowest BCUT2D eigenvalue weighted by Crippen LogP contribution is -2.34. The van der Waals surface area contributed by atoms with E-state index in [0.717, 1.165) is 31.5 Å². The minimum atomic E-state index is -0.300. The number of thioether (sulfide) groups is 1. The van der Waals surface area contributed by atoms with E-state index in [1.54, 1.807) is 11.0 Å². The lowest BCUT2D eigenvalue weighted by Gasteiger charge is -2.25. The molecule has 118 valence electrons. The number of halogens is 1. The van der Waals surface area contributed by atoms with E-state index in [1.807, 2.05) is 11.0 Å². The van der Waals surface area contributed by atoms with E-state index in [0.29, 0.717) is 18.7 Å². The zero-order valence-electron chi connectivity index (χ0n) is 12.3. The van der Waals surface area contributed by atoms with E-state index in [4.69, 9.17) is 0 Å². The zero-order valence-corrected chi connectivity index (χ0v) is 13.2. The second kappa shape index (κ2) is 6.69. The number of carbonyl (C=O) groups is 2. The number of hydrogen-bond acceptors (Lipinski definition) is 3. The Morgan fingerprint density at radius 2 is 2.09 bits per heavy atom. The van der Waals surface area contributed by atoms with E-state index in [9.17, 15) is 14.0 Å². The maximum absolute atomic E-state index is 13.4. The maximum Gasteiger partial charge on any atom is 0.233 e. The number of amides is 2. The molecule has 3 rings (SSSR count). The normalized spacial score (nSPS) is 21.7. The third-order valence-corrected chi connectivity index (χ3v) is 5.38. The zero-order chi connectivity index (χ0) is 15.5. The largest absolute Gasteiger partial charge is 0.343 e. The highest BCUT2D eigenvalue weighted by Crippen LogP contribution is 2.38. The first-order valence-corrected chi connectivity index (χ1v) is 8.64. The predicted molar refractivity (Wildman–Crippen MR) is 83.7 cm³/mol. The fourth-order valence-electron chi connectivity index (χ4n) is 2.97. The van der Waals surface area contributed by atoms with Crippen molar-refractivity contribution in [3.8, 4) is 0 Å². The van der Waals surface area contributed by atoms with Crippen LogP contribution >= 0.6 is 11.8 Å². The first-order valence-electron chi connectivity index (χ1n) is 7.59. The number of rotatable bonds is 4. The molecule has 0 aliphatic carbocycles. The van der Waals surface area contributed by atoms with Crippen LogP contribution in [0.15, 0.2) is 24.3 Å². The molecule has 2 saturated heterocycles. The first-order chi connectivity index (χ1) is 10.6. The molecule has 22 heavy (non-hydrogen) atoms. The Kier molecular flexibility index (Phi) is 4.66. The minimum absolute atomic E-state index is 0.0217. The lowest BCUT2D eigenvalue weighted by atomic mass is 10.2. The maximum atomic E-state index is 13.4. The molecule has 0 spiro atoms. The highest BCUT2D eigenvalue weighted by molar-refractivity contribution is 8.00. The van der Waals surface area contributed by atoms with Crippen LogP contribution in [0.25, 0.3) is 0 Å². The first kappa shape index (κ1) is 15.3. The predicted octanol–water partition coefficient (Wildman–Crippen LogP) is 2.41. The van der Waals surface area contributed by atoms with Gasteiger partial charge in [0, 0.05) is 26.1 Å². The minimum Gasteiger partial charge on any atom is -0.343 e. The molecule has 4 nitrogen and oxygen atoms in total. The highest BCUT2D eigenvalue weighted by atomic mass is 32.2. The second-order valence-electron chi connectivity index (χ2n) is 5.64. The summed E-state index contributed by atoms with van der Waals surface area (Å²) in [6.45, 7) is 2.06. The van der Waals surface area contributed by atoms with Gasteiger partial charge in [-0.3, -0.25) is 9.59 Å². The summed E-state index contributed by atoms with van der Waals surface area (Å²) in [4.78, 5) is 27.8. The molecule has 0 aromatic heterocycles. The van der Waals surface area contributed by atoms with E-state index in [-0.39, 0.29) is 23.0 Å². The molecule has 2 heterocycles. The van der Waals surface area contributed by atoms with Crippen LogP contribution in [0, 0.1) is 5.82 Å². The highest BCUT2D eigenvalue weighted by Gasteiger charge is 2.33. The van der Waals surface area contributed by atoms with Crippen LogP contribution in [0.2, 0.25) is 0 Å². The Morgan fingerprint density at radius 1 is 1.32 bits per heavy atom. The molecule has 0 unspecified atom stereocenters. The summed E-state index contributed by atoms with van der Waals surface area (Å²) in [6.07, 6.45) is 2.48. The molecule has 0 bridgehead atoms. The van der Waals surface area contributed by atoms with Crippen LogP contribution in [0.5, 0.6) is 0 Å². The van der Waals surface area contributed by atoms with Crippen molar-refractivity contribution in [1.82, 2.24) is 9.80 Å². The smallest absolute Gasteiger partial charge is 0.233 e. The van der Waals surface area contributed by atoms with Crippen molar-refractivity contribution in [2.24, 2.45) is 0 Å². The molecule has 1 aromatic rings. The summed E-state index contributed by atoms with van der Waals surface area (Å²) in [6, 6.07) is 6.34. The van der Waals surface area contributed by atoms with Crippen molar-refractivity contribution in [2.75, 3.05) is 25.4 Å². The molecule has 1 aromatic carbocycles. The Morgan fingerprint density at radius 3 is 2.82 bits per heavy atom. The van der Waals surface area contributed by atoms with Crippen molar-refractivity contribution in [3.05, 3.63) is 35.6 Å². The summed E-state index contributed by atoms with van der Waals surface area (Å²) in [5.74, 6) is 0.221. The molecular formula is C16H19FN2O2S. The molecule has 2 fully saturated rings. The van der Waals surface area contributed by atoms with Gasteiger partial charge in [0.25, 0.3) is 0 Å². The Balaban J connectivity index is 1.65. The van der Waals surface area contributed by atoms with E-state index < -0.39 is 0 Å². The van der Waals surface area contributed by atoms with E-state index in [2.05, 4.69) is 0 Å². The van der Waals surface area contributed by atoms with Crippen LogP contribution in [-0.2, 0) is 9.59 Å². The van der Waals surface area contributed by atoms with Gasteiger partial charge in [0.1, 0.15) is 11.2 Å². The summed E-state index contributed by atoms with van der Waals surface area (Å²) >= 11 is 1.49. The number of carbonyl (C=O) groups excluding carboxylic acids is 2. The summed E-state index contributed by atoms with van der Waals surface area (Å²) in [5.41, 5.74) is 0.782. The number of hydrogen-bond donors (Lipinski definition) is 0. The van der Waals surface area contributed by atoms with Gasteiger partial charge in [-0.25, -0.2) is 4.39 Å². The molecule has 6 heteroatoms. The third-order valence-electron chi connectivity index (χ3n) is 4.13. The second-order valence-corrected chi connectivity index (χ2v) is 6.71. The van der Waals surface area contributed by atoms with Gasteiger partial charge in [0.05, 0.1) is 5.75 Å². The molecule has 0 radical (unpaired) electrons. The topological polar surface area (TPSA) is 40.6 Å². The van der Waals surface area contributed by atoms with Crippen LogP contribution in [0.3, 0.4) is 0 Å². The Hall–Kier alpha value is -1.56. The molecule has 0 N–H and O–H groups in total. The molecule has 2 aliphatic rings. The SMILES string of the molecule is O=C(CCN1C(=O)CS[C@H]1c1cccc(F)c1)N1CCCC1. The van der Waals surface area contributed by atoms with Crippen LogP contribution in [-0.4, -0.2) is 47.0 Å². The monoisotopic (exact) mass is 322 g/mol. The summed E-state index contributed by atoms with van der Waals surface area (Å²) in [5, 5.41) is -0.186. The average molecular weight is 322 g/mol. The van der Waals surface area contributed by atoms with Crippen molar-refractivity contribution in [1.29, 1.82) is 0 Å². The van der Waals surface area contributed by atoms with Gasteiger partial charge >= 0.3 is 0 Å². The number of likely N-dealkylation sites (tertiary alicyclic amines) is 1. The van der Waals surface area contributed by atoms with Crippen molar-refractivity contribution >= 4 is 23.6 Å². The van der Waals surface area contributed by atoms with Crippen molar-refractivity contribution < 1.29 is 14.0 Å².